The van der Waals surface area contributed by atoms with Crippen molar-refractivity contribution in [2.24, 2.45) is 16.6 Å². The number of rotatable bonds is 3. The molecule has 1 saturated heterocycles. The third kappa shape index (κ3) is 2.26. The van der Waals surface area contributed by atoms with Gasteiger partial charge in [-0.05, 0) is 30.7 Å². The van der Waals surface area contributed by atoms with Gasteiger partial charge in [0.05, 0.1) is 26.3 Å². The quantitative estimate of drug-likeness (QED) is 0.889. The van der Waals surface area contributed by atoms with E-state index in [4.69, 9.17) is 15.2 Å². The van der Waals surface area contributed by atoms with Gasteiger partial charge in [-0.1, -0.05) is 0 Å². The highest BCUT2D eigenvalue weighted by atomic mass is 16.5. The maximum absolute atomic E-state index is 6.04. The van der Waals surface area contributed by atoms with Crippen molar-refractivity contribution in [2.45, 2.75) is 12.5 Å². The average Bonchev–Trinajstić information content (AvgIpc) is 3.08. The third-order valence-corrected chi connectivity index (χ3v) is 3.88. The van der Waals surface area contributed by atoms with E-state index in [1.54, 1.807) is 7.11 Å². The Labute approximate surface area is 113 Å². The summed E-state index contributed by atoms with van der Waals surface area (Å²) in [5.41, 5.74) is 7.11. The molecule has 2 atom stereocenters. The summed E-state index contributed by atoms with van der Waals surface area (Å²) >= 11 is 0. The fraction of sp³-hybridized carbons (Fsp3) is 0.500. The molecule has 3 rings (SSSR count). The number of methoxy groups -OCH3 is 1. The Hall–Kier alpha value is -1.75. The number of benzene rings is 1. The fourth-order valence-electron chi connectivity index (χ4n) is 2.80. The van der Waals surface area contributed by atoms with Crippen LogP contribution in [0.25, 0.3) is 0 Å². The van der Waals surface area contributed by atoms with Gasteiger partial charge in [0, 0.05) is 18.2 Å². The Morgan fingerprint density at radius 2 is 2.16 bits per heavy atom. The topological polar surface area (TPSA) is 60.1 Å². The zero-order chi connectivity index (χ0) is 13.2. The zero-order valence-electron chi connectivity index (χ0n) is 11.1. The van der Waals surface area contributed by atoms with E-state index < -0.39 is 0 Å². The third-order valence-electron chi connectivity index (χ3n) is 3.88. The molecule has 19 heavy (non-hydrogen) atoms. The van der Waals surface area contributed by atoms with E-state index in [-0.39, 0.29) is 0 Å². The van der Waals surface area contributed by atoms with Crippen molar-refractivity contribution < 1.29 is 9.47 Å². The fourth-order valence-corrected chi connectivity index (χ4v) is 2.80. The number of nitrogens with two attached hydrogens (primary N) is 1. The van der Waals surface area contributed by atoms with Gasteiger partial charge >= 0.3 is 0 Å². The predicted molar refractivity (Wildman–Crippen MR) is 74.7 cm³/mol. The molecule has 2 unspecified atom stereocenters. The number of guanidine groups is 1. The number of hydrogen-bond donors (Lipinski definition) is 1. The highest BCUT2D eigenvalue weighted by Gasteiger charge is 2.35. The van der Waals surface area contributed by atoms with E-state index in [2.05, 4.69) is 9.89 Å². The normalized spacial score (nSPS) is 26.6. The van der Waals surface area contributed by atoms with Gasteiger partial charge in [0.1, 0.15) is 5.75 Å². The van der Waals surface area contributed by atoms with Crippen LogP contribution >= 0.6 is 0 Å². The molecule has 5 nitrogen and oxygen atoms in total. The lowest BCUT2D eigenvalue weighted by atomic mass is 9.98. The lowest BCUT2D eigenvalue weighted by molar-refractivity contribution is 0.182. The Balaban J connectivity index is 1.84. The number of anilines is 1. The van der Waals surface area contributed by atoms with E-state index in [1.165, 1.54) is 0 Å². The van der Waals surface area contributed by atoms with Crippen LogP contribution in [0.4, 0.5) is 5.69 Å². The van der Waals surface area contributed by atoms with Gasteiger partial charge < -0.3 is 20.1 Å². The molecule has 5 heteroatoms. The second kappa shape index (κ2) is 5.09. The average molecular weight is 261 g/mol. The molecule has 2 aliphatic rings. The first-order valence-corrected chi connectivity index (χ1v) is 6.60. The molecule has 2 N–H and O–H groups in total. The summed E-state index contributed by atoms with van der Waals surface area (Å²) in [4.78, 5) is 6.52. The van der Waals surface area contributed by atoms with Crippen LogP contribution in [-0.4, -0.2) is 38.9 Å². The van der Waals surface area contributed by atoms with Crippen LogP contribution in [0, 0.1) is 5.92 Å². The van der Waals surface area contributed by atoms with E-state index in [0.29, 0.717) is 17.9 Å². The van der Waals surface area contributed by atoms with Crippen LogP contribution in [0.2, 0.25) is 0 Å². The molecule has 0 bridgehead atoms. The molecule has 0 saturated carbocycles. The van der Waals surface area contributed by atoms with E-state index >= 15 is 0 Å². The van der Waals surface area contributed by atoms with Crippen molar-refractivity contribution in [3.63, 3.8) is 0 Å². The lowest BCUT2D eigenvalue weighted by Gasteiger charge is -2.30. The lowest BCUT2D eigenvalue weighted by Crippen LogP contribution is -2.45. The van der Waals surface area contributed by atoms with Crippen molar-refractivity contribution in [3.05, 3.63) is 24.3 Å². The zero-order valence-corrected chi connectivity index (χ0v) is 11.1. The molecule has 0 aliphatic carbocycles. The molecular weight excluding hydrogens is 242 g/mol. The summed E-state index contributed by atoms with van der Waals surface area (Å²) in [6.07, 6.45) is 1.08. The first-order chi connectivity index (χ1) is 9.29. The Kier molecular flexibility index (Phi) is 3.29. The minimum atomic E-state index is 0.316. The van der Waals surface area contributed by atoms with Crippen molar-refractivity contribution >= 4 is 11.6 Å². The minimum Gasteiger partial charge on any atom is -0.497 e. The summed E-state index contributed by atoms with van der Waals surface area (Å²) < 4.78 is 10.7. The van der Waals surface area contributed by atoms with Crippen molar-refractivity contribution in [3.8, 4) is 5.75 Å². The largest absolute Gasteiger partial charge is 0.497 e. The molecule has 0 spiro atoms. The molecule has 0 radical (unpaired) electrons. The van der Waals surface area contributed by atoms with Gasteiger partial charge in [-0.2, -0.15) is 0 Å². The first kappa shape index (κ1) is 12.3. The molecular formula is C14H19N3O2. The van der Waals surface area contributed by atoms with E-state index in [0.717, 1.165) is 37.6 Å². The van der Waals surface area contributed by atoms with E-state index in [9.17, 15) is 0 Å². The van der Waals surface area contributed by atoms with Gasteiger partial charge in [-0.3, -0.25) is 4.99 Å². The van der Waals surface area contributed by atoms with Crippen LogP contribution in [0.15, 0.2) is 29.3 Å². The van der Waals surface area contributed by atoms with Crippen LogP contribution in [0.3, 0.4) is 0 Å². The molecule has 0 aromatic heterocycles. The molecule has 1 fully saturated rings. The smallest absolute Gasteiger partial charge is 0.196 e. The molecule has 1 aromatic carbocycles. The van der Waals surface area contributed by atoms with Crippen LogP contribution in [0.1, 0.15) is 6.42 Å². The molecule has 102 valence electrons. The molecule has 0 amide bonds. The number of nitrogens with zero attached hydrogens (tertiary/aromatic N) is 2. The van der Waals surface area contributed by atoms with Gasteiger partial charge in [0.2, 0.25) is 0 Å². The Morgan fingerprint density at radius 1 is 1.37 bits per heavy atom. The Morgan fingerprint density at radius 3 is 2.79 bits per heavy atom. The summed E-state index contributed by atoms with van der Waals surface area (Å²) in [5, 5.41) is 0. The second-order valence-corrected chi connectivity index (χ2v) is 4.96. The summed E-state index contributed by atoms with van der Waals surface area (Å²) in [6, 6.07) is 8.26. The minimum absolute atomic E-state index is 0.316. The van der Waals surface area contributed by atoms with E-state index in [1.807, 2.05) is 24.3 Å². The second-order valence-electron chi connectivity index (χ2n) is 4.96. The van der Waals surface area contributed by atoms with Crippen molar-refractivity contribution in [2.75, 3.05) is 31.8 Å². The first-order valence-electron chi connectivity index (χ1n) is 6.60. The highest BCUT2D eigenvalue weighted by Crippen LogP contribution is 2.30. The SMILES string of the molecule is COc1ccc(N2C(N)=NCC2C2CCOC2)cc1. The summed E-state index contributed by atoms with van der Waals surface area (Å²) in [5.74, 6) is 1.95. The van der Waals surface area contributed by atoms with Gasteiger partial charge in [-0.15, -0.1) is 0 Å². The molecule has 2 aliphatic heterocycles. The summed E-state index contributed by atoms with van der Waals surface area (Å²) in [7, 11) is 1.67. The van der Waals surface area contributed by atoms with Gasteiger partial charge in [-0.25, -0.2) is 0 Å². The predicted octanol–water partition coefficient (Wildman–Crippen LogP) is 1.23. The van der Waals surface area contributed by atoms with Crippen LogP contribution in [0.5, 0.6) is 5.75 Å². The highest BCUT2D eigenvalue weighted by molar-refractivity contribution is 5.97. The number of ether oxygens (including phenoxy) is 2. The van der Waals surface area contributed by atoms with Gasteiger partial charge in [0.25, 0.3) is 0 Å². The van der Waals surface area contributed by atoms with Crippen LogP contribution in [-0.2, 0) is 4.74 Å². The standard InChI is InChI=1S/C14H19N3O2/c1-18-12-4-2-11(3-5-12)17-13(8-16-14(17)15)10-6-7-19-9-10/h2-5,10,13H,6-9H2,1H3,(H2,15,16). The molecule has 1 aromatic rings. The van der Waals surface area contributed by atoms with Crippen LogP contribution < -0.4 is 15.4 Å². The van der Waals surface area contributed by atoms with Crippen molar-refractivity contribution in [1.29, 1.82) is 0 Å². The maximum atomic E-state index is 6.04. The summed E-state index contributed by atoms with van der Waals surface area (Å²) in [6.45, 7) is 2.41. The monoisotopic (exact) mass is 261 g/mol. The number of hydrogen-bond acceptors (Lipinski definition) is 5. The number of aliphatic imine (C=N–C) groups is 1. The Bertz CT molecular complexity index is 466. The maximum Gasteiger partial charge on any atom is 0.196 e. The molecule has 2 heterocycles. The van der Waals surface area contributed by atoms with Crippen molar-refractivity contribution in [1.82, 2.24) is 0 Å². The van der Waals surface area contributed by atoms with Gasteiger partial charge in [0.15, 0.2) is 5.96 Å².